The Morgan fingerprint density at radius 1 is 1.44 bits per heavy atom. The van der Waals surface area contributed by atoms with Gasteiger partial charge in [0.2, 0.25) is 5.91 Å². The number of benzene rings is 1. The van der Waals surface area contributed by atoms with Crippen molar-refractivity contribution >= 4 is 11.6 Å². The number of amides is 1. The zero-order valence-corrected chi connectivity index (χ0v) is 9.35. The molecule has 0 aliphatic heterocycles. The van der Waals surface area contributed by atoms with Crippen LogP contribution < -0.4 is 5.32 Å². The number of ether oxygens (including phenoxy) is 1. The van der Waals surface area contributed by atoms with Crippen LogP contribution in [0.1, 0.15) is 12.8 Å². The van der Waals surface area contributed by atoms with Gasteiger partial charge in [-0.3, -0.25) is 4.79 Å². The lowest BCUT2D eigenvalue weighted by Crippen LogP contribution is -2.18. The van der Waals surface area contributed by atoms with Crippen LogP contribution in [0, 0.1) is 0 Å². The zero-order valence-electron chi connectivity index (χ0n) is 9.35. The van der Waals surface area contributed by atoms with Gasteiger partial charge >= 0.3 is 0 Å². The molecule has 1 atom stereocenters. The molecule has 88 valence electrons. The highest BCUT2D eigenvalue weighted by Gasteiger charge is 2.07. The second-order valence-electron chi connectivity index (χ2n) is 3.56. The Labute approximate surface area is 95.2 Å². The van der Waals surface area contributed by atoms with Crippen LogP contribution in [0.2, 0.25) is 0 Å². The smallest absolute Gasteiger partial charge is 0.224 e. The number of aliphatic hydroxyl groups excluding tert-OH is 1. The van der Waals surface area contributed by atoms with E-state index in [1.54, 1.807) is 0 Å². The van der Waals surface area contributed by atoms with Crippen LogP contribution in [0.15, 0.2) is 30.3 Å². The van der Waals surface area contributed by atoms with Gasteiger partial charge < -0.3 is 15.2 Å². The van der Waals surface area contributed by atoms with Crippen LogP contribution >= 0.6 is 0 Å². The summed E-state index contributed by atoms with van der Waals surface area (Å²) >= 11 is 0. The van der Waals surface area contributed by atoms with Crippen LogP contribution in [0.4, 0.5) is 5.69 Å². The quantitative estimate of drug-likeness (QED) is 0.766. The zero-order chi connectivity index (χ0) is 11.8. The molecule has 0 fully saturated rings. The average Bonchev–Trinajstić information content (AvgIpc) is 2.28. The molecule has 1 rings (SSSR count). The number of anilines is 1. The van der Waals surface area contributed by atoms with E-state index >= 15 is 0 Å². The lowest BCUT2D eigenvalue weighted by atomic mass is 10.2. The van der Waals surface area contributed by atoms with Crippen molar-refractivity contribution in [3.63, 3.8) is 0 Å². The number of carbonyl (C=O) groups is 1. The van der Waals surface area contributed by atoms with Gasteiger partial charge in [-0.2, -0.15) is 0 Å². The Balaban J connectivity index is 2.26. The number of nitrogens with one attached hydrogen (secondary N) is 1. The number of hydrogen-bond donors (Lipinski definition) is 2. The Hall–Kier alpha value is -1.39. The van der Waals surface area contributed by atoms with E-state index in [9.17, 15) is 9.90 Å². The van der Waals surface area contributed by atoms with Gasteiger partial charge in [0.1, 0.15) is 0 Å². The molecule has 0 saturated heterocycles. The topological polar surface area (TPSA) is 58.6 Å². The molecule has 0 bridgehead atoms. The van der Waals surface area contributed by atoms with Crippen molar-refractivity contribution in [2.75, 3.05) is 19.0 Å². The van der Waals surface area contributed by atoms with E-state index in [0.717, 1.165) is 5.69 Å². The van der Waals surface area contributed by atoms with Crippen LogP contribution in [0.25, 0.3) is 0 Å². The third kappa shape index (κ3) is 4.91. The predicted octanol–water partition coefficient (Wildman–Crippen LogP) is 1.41. The lowest BCUT2D eigenvalue weighted by Gasteiger charge is -2.09. The second-order valence-corrected chi connectivity index (χ2v) is 3.56. The SMILES string of the molecule is COCC(O)CCC(=O)Nc1ccccc1. The molecule has 0 aromatic heterocycles. The molecule has 4 nitrogen and oxygen atoms in total. The summed E-state index contributed by atoms with van der Waals surface area (Å²) in [7, 11) is 1.52. The first-order valence-corrected chi connectivity index (χ1v) is 5.24. The van der Waals surface area contributed by atoms with Crippen molar-refractivity contribution in [3.8, 4) is 0 Å². The van der Waals surface area contributed by atoms with Gasteiger partial charge in [0.15, 0.2) is 0 Å². The Bertz CT molecular complexity index is 313. The maximum atomic E-state index is 11.5. The van der Waals surface area contributed by atoms with Crippen LogP contribution in [-0.4, -0.2) is 30.8 Å². The summed E-state index contributed by atoms with van der Waals surface area (Å²) in [6, 6.07) is 9.25. The van der Waals surface area contributed by atoms with Gasteiger partial charge in [-0.05, 0) is 18.6 Å². The van der Waals surface area contributed by atoms with Gasteiger partial charge in [-0.1, -0.05) is 18.2 Å². The average molecular weight is 223 g/mol. The molecular formula is C12H17NO3. The molecule has 0 aliphatic rings. The summed E-state index contributed by atoms with van der Waals surface area (Å²) in [5, 5.41) is 12.1. The lowest BCUT2D eigenvalue weighted by molar-refractivity contribution is -0.116. The minimum absolute atomic E-state index is 0.0960. The molecule has 0 radical (unpaired) electrons. The summed E-state index contributed by atoms with van der Waals surface area (Å²) < 4.78 is 4.77. The van der Waals surface area contributed by atoms with Crippen molar-refractivity contribution in [1.82, 2.24) is 0 Å². The van der Waals surface area contributed by atoms with Crippen LogP contribution in [-0.2, 0) is 9.53 Å². The first-order valence-electron chi connectivity index (χ1n) is 5.24. The molecule has 16 heavy (non-hydrogen) atoms. The van der Waals surface area contributed by atoms with Crippen molar-refractivity contribution < 1.29 is 14.6 Å². The molecule has 0 aliphatic carbocycles. The van der Waals surface area contributed by atoms with E-state index in [1.807, 2.05) is 30.3 Å². The van der Waals surface area contributed by atoms with Gasteiger partial charge in [-0.15, -0.1) is 0 Å². The molecule has 4 heteroatoms. The van der Waals surface area contributed by atoms with Crippen LogP contribution in [0.5, 0.6) is 0 Å². The van der Waals surface area contributed by atoms with E-state index in [2.05, 4.69) is 5.32 Å². The molecule has 2 N–H and O–H groups in total. The van der Waals surface area contributed by atoms with E-state index in [0.29, 0.717) is 12.8 Å². The fourth-order valence-electron chi connectivity index (χ4n) is 1.32. The number of carbonyl (C=O) groups excluding carboxylic acids is 1. The fraction of sp³-hybridized carbons (Fsp3) is 0.417. The first-order chi connectivity index (χ1) is 7.72. The van der Waals surface area contributed by atoms with Crippen molar-refractivity contribution in [1.29, 1.82) is 0 Å². The first kappa shape index (κ1) is 12.7. The number of para-hydroxylation sites is 1. The highest BCUT2D eigenvalue weighted by atomic mass is 16.5. The van der Waals surface area contributed by atoms with Gasteiger partial charge in [0.25, 0.3) is 0 Å². The monoisotopic (exact) mass is 223 g/mol. The van der Waals surface area contributed by atoms with E-state index < -0.39 is 6.10 Å². The number of rotatable bonds is 6. The summed E-state index contributed by atoms with van der Waals surface area (Å²) in [5.41, 5.74) is 0.772. The largest absolute Gasteiger partial charge is 0.391 e. The summed E-state index contributed by atoms with van der Waals surface area (Å²) in [6.07, 6.45) is 0.123. The third-order valence-corrected chi connectivity index (χ3v) is 2.12. The number of methoxy groups -OCH3 is 1. The highest BCUT2D eigenvalue weighted by Crippen LogP contribution is 2.06. The molecule has 1 amide bonds. The maximum Gasteiger partial charge on any atom is 0.224 e. The van der Waals surface area contributed by atoms with E-state index in [1.165, 1.54) is 7.11 Å². The maximum absolute atomic E-state index is 11.5. The molecule has 0 spiro atoms. The van der Waals surface area contributed by atoms with Gasteiger partial charge in [-0.25, -0.2) is 0 Å². The Morgan fingerprint density at radius 3 is 2.75 bits per heavy atom. The molecule has 0 saturated carbocycles. The Morgan fingerprint density at radius 2 is 2.12 bits per heavy atom. The van der Waals surface area contributed by atoms with E-state index in [-0.39, 0.29) is 12.5 Å². The number of hydrogen-bond acceptors (Lipinski definition) is 3. The molecule has 1 aromatic carbocycles. The van der Waals surface area contributed by atoms with Crippen molar-refractivity contribution in [2.45, 2.75) is 18.9 Å². The standard InChI is InChI=1S/C12H17NO3/c1-16-9-11(14)7-8-12(15)13-10-5-3-2-4-6-10/h2-6,11,14H,7-9H2,1H3,(H,13,15). The minimum Gasteiger partial charge on any atom is -0.391 e. The Kier molecular flexibility index (Phi) is 5.53. The van der Waals surface area contributed by atoms with E-state index in [4.69, 9.17) is 4.74 Å². The summed E-state index contributed by atoms with van der Waals surface area (Å²) in [6.45, 7) is 0.263. The van der Waals surface area contributed by atoms with Crippen molar-refractivity contribution in [2.24, 2.45) is 0 Å². The third-order valence-electron chi connectivity index (χ3n) is 2.12. The predicted molar refractivity (Wildman–Crippen MR) is 62.2 cm³/mol. The molecule has 0 heterocycles. The van der Waals surface area contributed by atoms with Crippen LogP contribution in [0.3, 0.4) is 0 Å². The summed E-state index contributed by atoms with van der Waals surface area (Å²) in [4.78, 5) is 11.5. The minimum atomic E-state index is -0.577. The second kappa shape index (κ2) is 6.98. The molecular weight excluding hydrogens is 206 g/mol. The van der Waals surface area contributed by atoms with Gasteiger partial charge in [0, 0.05) is 19.2 Å². The van der Waals surface area contributed by atoms with Crippen molar-refractivity contribution in [3.05, 3.63) is 30.3 Å². The number of aliphatic hydroxyl groups is 1. The highest BCUT2D eigenvalue weighted by molar-refractivity contribution is 5.90. The molecule has 1 unspecified atom stereocenters. The molecule has 1 aromatic rings. The normalized spacial score (nSPS) is 12.1. The fourth-order valence-corrected chi connectivity index (χ4v) is 1.32. The summed E-state index contributed by atoms with van der Waals surface area (Å²) in [5.74, 6) is -0.0960. The van der Waals surface area contributed by atoms with Gasteiger partial charge in [0.05, 0.1) is 12.7 Å².